The molecule has 0 spiro atoms. The van der Waals surface area contributed by atoms with E-state index in [9.17, 15) is 0 Å². The van der Waals surface area contributed by atoms with Crippen molar-refractivity contribution in [2.75, 3.05) is 7.05 Å². The molecule has 0 bridgehead atoms. The molecule has 0 aliphatic heterocycles. The molecule has 1 heterocycles. The van der Waals surface area contributed by atoms with Gasteiger partial charge in [-0.15, -0.1) is 0 Å². The average molecular weight is 237 g/mol. The lowest BCUT2D eigenvalue weighted by atomic mass is 10.0. The van der Waals surface area contributed by atoms with Crippen molar-refractivity contribution in [3.63, 3.8) is 0 Å². The smallest absolute Gasteiger partial charge is 0.0492 e. The van der Waals surface area contributed by atoms with Gasteiger partial charge in [0.25, 0.3) is 0 Å². The zero-order chi connectivity index (χ0) is 12.5. The summed E-state index contributed by atoms with van der Waals surface area (Å²) in [6.07, 6.45) is 10.9. The number of hydrogen-bond donors (Lipinski definition) is 1. The van der Waals surface area contributed by atoms with Crippen molar-refractivity contribution in [3.8, 4) is 0 Å². The zero-order valence-corrected chi connectivity index (χ0v) is 11.6. The minimum Gasteiger partial charge on any atom is -0.317 e. The second kappa shape index (κ2) is 8.29. The van der Waals surface area contributed by atoms with Crippen molar-refractivity contribution in [3.05, 3.63) is 18.0 Å². The van der Waals surface area contributed by atoms with Crippen LogP contribution in [0.2, 0.25) is 0 Å². The third-order valence-corrected chi connectivity index (χ3v) is 3.49. The Bertz CT molecular complexity index is 293. The fraction of sp³-hybridized carbons (Fsp3) is 0.786. The summed E-state index contributed by atoms with van der Waals surface area (Å²) >= 11 is 0. The van der Waals surface area contributed by atoms with Gasteiger partial charge in [0.15, 0.2) is 0 Å². The van der Waals surface area contributed by atoms with E-state index >= 15 is 0 Å². The molecule has 1 unspecified atom stereocenters. The summed E-state index contributed by atoms with van der Waals surface area (Å²) in [6, 6.07) is 2.77. The maximum absolute atomic E-state index is 4.20. The van der Waals surface area contributed by atoms with Crippen LogP contribution < -0.4 is 5.32 Å². The molecule has 1 aromatic heterocycles. The highest BCUT2D eigenvalue weighted by molar-refractivity contribution is 5.00. The Hall–Kier alpha value is -0.830. The van der Waals surface area contributed by atoms with Gasteiger partial charge in [-0.05, 0) is 32.4 Å². The van der Waals surface area contributed by atoms with E-state index in [1.54, 1.807) is 0 Å². The SMILES string of the molecule is CCCCCCC(CCc1ccnn1C)NC. The van der Waals surface area contributed by atoms with Gasteiger partial charge in [-0.3, -0.25) is 4.68 Å². The van der Waals surface area contributed by atoms with Gasteiger partial charge in [0, 0.05) is 25.0 Å². The first-order chi connectivity index (χ1) is 8.27. The Kier molecular flexibility index (Phi) is 6.94. The van der Waals surface area contributed by atoms with Gasteiger partial charge in [0.05, 0.1) is 0 Å². The van der Waals surface area contributed by atoms with Crippen LogP contribution in [0.5, 0.6) is 0 Å². The monoisotopic (exact) mass is 237 g/mol. The molecule has 0 fully saturated rings. The van der Waals surface area contributed by atoms with Crippen molar-refractivity contribution in [1.82, 2.24) is 15.1 Å². The van der Waals surface area contributed by atoms with Gasteiger partial charge in [-0.1, -0.05) is 32.6 Å². The molecule has 3 nitrogen and oxygen atoms in total. The molecule has 0 aromatic carbocycles. The maximum Gasteiger partial charge on any atom is 0.0492 e. The van der Waals surface area contributed by atoms with E-state index in [4.69, 9.17) is 0 Å². The minimum atomic E-state index is 0.654. The van der Waals surface area contributed by atoms with Gasteiger partial charge in [0.2, 0.25) is 0 Å². The summed E-state index contributed by atoms with van der Waals surface area (Å²) in [5, 5.41) is 7.63. The molecule has 3 heteroatoms. The summed E-state index contributed by atoms with van der Waals surface area (Å²) in [4.78, 5) is 0. The number of aryl methyl sites for hydroxylation is 2. The third-order valence-electron chi connectivity index (χ3n) is 3.49. The van der Waals surface area contributed by atoms with Crippen molar-refractivity contribution in [1.29, 1.82) is 0 Å². The largest absolute Gasteiger partial charge is 0.317 e. The van der Waals surface area contributed by atoms with Gasteiger partial charge in [0.1, 0.15) is 0 Å². The molecule has 0 saturated carbocycles. The van der Waals surface area contributed by atoms with Crippen LogP contribution in [0.25, 0.3) is 0 Å². The van der Waals surface area contributed by atoms with Gasteiger partial charge in [-0.25, -0.2) is 0 Å². The Labute approximate surface area is 106 Å². The lowest BCUT2D eigenvalue weighted by Gasteiger charge is -2.15. The van der Waals surface area contributed by atoms with Gasteiger partial charge in [-0.2, -0.15) is 5.10 Å². The van der Waals surface area contributed by atoms with Crippen molar-refractivity contribution < 1.29 is 0 Å². The van der Waals surface area contributed by atoms with E-state index in [-0.39, 0.29) is 0 Å². The number of nitrogens with one attached hydrogen (secondary N) is 1. The van der Waals surface area contributed by atoms with Gasteiger partial charge < -0.3 is 5.32 Å². The molecule has 0 aliphatic carbocycles. The van der Waals surface area contributed by atoms with E-state index in [2.05, 4.69) is 30.5 Å². The zero-order valence-electron chi connectivity index (χ0n) is 11.6. The summed E-state index contributed by atoms with van der Waals surface area (Å²) in [5.74, 6) is 0. The first-order valence-corrected chi connectivity index (χ1v) is 6.92. The predicted octanol–water partition coefficient (Wildman–Crippen LogP) is 2.91. The van der Waals surface area contributed by atoms with Crippen LogP contribution in [0.15, 0.2) is 12.3 Å². The highest BCUT2D eigenvalue weighted by Crippen LogP contribution is 2.10. The highest BCUT2D eigenvalue weighted by atomic mass is 15.2. The standard InChI is InChI=1S/C14H27N3/c1-4-5-6-7-8-13(15-2)9-10-14-11-12-16-17(14)3/h11-13,15H,4-10H2,1-3H3. The minimum absolute atomic E-state index is 0.654. The molecule has 0 aliphatic rings. The Morgan fingerprint density at radius 1 is 1.29 bits per heavy atom. The van der Waals surface area contributed by atoms with Gasteiger partial charge >= 0.3 is 0 Å². The van der Waals surface area contributed by atoms with Crippen LogP contribution in [0, 0.1) is 0 Å². The quantitative estimate of drug-likeness (QED) is 0.669. The van der Waals surface area contributed by atoms with E-state index < -0.39 is 0 Å². The van der Waals surface area contributed by atoms with E-state index in [1.165, 1.54) is 44.2 Å². The van der Waals surface area contributed by atoms with Crippen LogP contribution in [0.1, 0.15) is 51.1 Å². The lowest BCUT2D eigenvalue weighted by molar-refractivity contribution is 0.456. The predicted molar refractivity (Wildman–Crippen MR) is 73.1 cm³/mol. The summed E-state index contributed by atoms with van der Waals surface area (Å²) in [6.45, 7) is 2.26. The first kappa shape index (κ1) is 14.2. The highest BCUT2D eigenvalue weighted by Gasteiger charge is 2.07. The molecular formula is C14H27N3. The molecule has 17 heavy (non-hydrogen) atoms. The second-order valence-electron chi connectivity index (χ2n) is 4.82. The number of hydrogen-bond acceptors (Lipinski definition) is 2. The van der Waals surface area contributed by atoms with Crippen LogP contribution in [0.3, 0.4) is 0 Å². The molecule has 1 N–H and O–H groups in total. The topological polar surface area (TPSA) is 29.9 Å². The number of nitrogens with zero attached hydrogens (tertiary/aromatic N) is 2. The van der Waals surface area contributed by atoms with Crippen molar-refractivity contribution in [2.24, 2.45) is 7.05 Å². The molecule has 0 radical (unpaired) electrons. The Morgan fingerprint density at radius 2 is 2.12 bits per heavy atom. The summed E-state index contributed by atoms with van der Waals surface area (Å²) < 4.78 is 1.98. The number of unbranched alkanes of at least 4 members (excludes halogenated alkanes) is 3. The molecule has 1 rings (SSSR count). The van der Waals surface area contributed by atoms with Crippen molar-refractivity contribution >= 4 is 0 Å². The fourth-order valence-corrected chi connectivity index (χ4v) is 2.22. The molecular weight excluding hydrogens is 210 g/mol. The summed E-state index contributed by atoms with van der Waals surface area (Å²) in [7, 11) is 4.10. The summed E-state index contributed by atoms with van der Waals surface area (Å²) in [5.41, 5.74) is 1.33. The van der Waals surface area contributed by atoms with E-state index in [0.717, 1.165) is 6.42 Å². The average Bonchev–Trinajstić information content (AvgIpc) is 2.74. The second-order valence-corrected chi connectivity index (χ2v) is 4.82. The normalized spacial score (nSPS) is 12.9. The Morgan fingerprint density at radius 3 is 2.71 bits per heavy atom. The maximum atomic E-state index is 4.20. The van der Waals surface area contributed by atoms with E-state index in [1.807, 2.05) is 17.9 Å². The van der Waals surface area contributed by atoms with Crippen LogP contribution >= 0.6 is 0 Å². The first-order valence-electron chi connectivity index (χ1n) is 6.92. The molecule has 1 atom stereocenters. The lowest BCUT2D eigenvalue weighted by Crippen LogP contribution is -2.26. The molecule has 1 aromatic rings. The van der Waals surface area contributed by atoms with E-state index in [0.29, 0.717) is 6.04 Å². The molecule has 0 amide bonds. The van der Waals surface area contributed by atoms with Crippen LogP contribution in [-0.4, -0.2) is 22.9 Å². The number of aromatic nitrogens is 2. The molecule has 0 saturated heterocycles. The Balaban J connectivity index is 2.20. The number of rotatable bonds is 9. The molecule has 98 valence electrons. The van der Waals surface area contributed by atoms with Crippen LogP contribution in [-0.2, 0) is 13.5 Å². The third kappa shape index (κ3) is 5.35. The van der Waals surface area contributed by atoms with Crippen LogP contribution in [0.4, 0.5) is 0 Å². The van der Waals surface area contributed by atoms with Crippen molar-refractivity contribution in [2.45, 2.75) is 57.9 Å². The fourth-order valence-electron chi connectivity index (χ4n) is 2.22.